The molecule has 130 valence electrons. The fourth-order valence-electron chi connectivity index (χ4n) is 2.27. The Hall–Kier alpha value is -2.38. The predicted molar refractivity (Wildman–Crippen MR) is 97.0 cm³/mol. The summed E-state index contributed by atoms with van der Waals surface area (Å²) in [5, 5.41) is 4.65. The second-order valence-corrected chi connectivity index (χ2v) is 8.46. The van der Waals surface area contributed by atoms with E-state index in [9.17, 15) is 13.2 Å². The SMILES string of the molecule is O=C(CCS(=O)(=O)c1ccccc1)NCc1ccc(-c2cccs2)o1. The van der Waals surface area contributed by atoms with Gasteiger partial charge in [0.05, 0.1) is 22.1 Å². The Morgan fingerprint density at radius 3 is 2.56 bits per heavy atom. The number of hydrogen-bond acceptors (Lipinski definition) is 5. The van der Waals surface area contributed by atoms with E-state index in [0.717, 1.165) is 10.6 Å². The summed E-state index contributed by atoms with van der Waals surface area (Å²) in [7, 11) is -3.45. The van der Waals surface area contributed by atoms with Gasteiger partial charge in [-0.15, -0.1) is 11.3 Å². The summed E-state index contributed by atoms with van der Waals surface area (Å²) in [5.41, 5.74) is 0. The highest BCUT2D eigenvalue weighted by Crippen LogP contribution is 2.26. The number of amides is 1. The van der Waals surface area contributed by atoms with Gasteiger partial charge in [0.1, 0.15) is 11.5 Å². The molecule has 0 bridgehead atoms. The van der Waals surface area contributed by atoms with Crippen molar-refractivity contribution in [1.29, 1.82) is 0 Å². The number of carbonyl (C=O) groups is 1. The fourth-order valence-corrected chi connectivity index (χ4v) is 4.22. The van der Waals surface area contributed by atoms with Crippen molar-refractivity contribution >= 4 is 27.1 Å². The monoisotopic (exact) mass is 375 g/mol. The largest absolute Gasteiger partial charge is 0.458 e. The van der Waals surface area contributed by atoms with Crippen LogP contribution < -0.4 is 5.32 Å². The molecule has 1 amide bonds. The van der Waals surface area contributed by atoms with Gasteiger partial charge >= 0.3 is 0 Å². The molecule has 0 saturated carbocycles. The molecule has 0 radical (unpaired) electrons. The molecule has 0 aliphatic carbocycles. The summed E-state index contributed by atoms with van der Waals surface area (Å²) in [6.45, 7) is 0.232. The van der Waals surface area contributed by atoms with Crippen molar-refractivity contribution in [3.05, 3.63) is 65.7 Å². The number of carbonyl (C=O) groups excluding carboxylic acids is 1. The lowest BCUT2D eigenvalue weighted by Gasteiger charge is -2.05. The zero-order valence-corrected chi connectivity index (χ0v) is 15.0. The third-order valence-corrected chi connectivity index (χ3v) is 6.20. The second kappa shape index (κ2) is 7.67. The van der Waals surface area contributed by atoms with Gasteiger partial charge in [-0.2, -0.15) is 0 Å². The number of hydrogen-bond donors (Lipinski definition) is 1. The zero-order valence-electron chi connectivity index (χ0n) is 13.3. The van der Waals surface area contributed by atoms with Crippen LogP contribution in [0.4, 0.5) is 0 Å². The van der Waals surface area contributed by atoms with E-state index in [4.69, 9.17) is 4.42 Å². The van der Waals surface area contributed by atoms with Crippen molar-refractivity contribution < 1.29 is 17.6 Å². The smallest absolute Gasteiger partial charge is 0.221 e. The van der Waals surface area contributed by atoms with E-state index in [1.807, 2.05) is 23.6 Å². The first-order chi connectivity index (χ1) is 12.0. The quantitative estimate of drug-likeness (QED) is 0.686. The molecule has 2 heterocycles. The third kappa shape index (κ3) is 4.58. The highest BCUT2D eigenvalue weighted by molar-refractivity contribution is 7.91. The zero-order chi connectivity index (χ0) is 17.7. The summed E-state index contributed by atoms with van der Waals surface area (Å²) in [4.78, 5) is 13.2. The maximum atomic E-state index is 12.1. The first kappa shape index (κ1) is 17.4. The van der Waals surface area contributed by atoms with Crippen molar-refractivity contribution in [3.63, 3.8) is 0 Å². The van der Waals surface area contributed by atoms with E-state index in [-0.39, 0.29) is 29.5 Å². The molecule has 1 N–H and O–H groups in total. The number of thiophene rings is 1. The third-order valence-electron chi connectivity index (χ3n) is 3.59. The Labute approximate surface area is 150 Å². The highest BCUT2D eigenvalue weighted by atomic mass is 32.2. The Bertz CT molecular complexity index is 929. The van der Waals surface area contributed by atoms with Crippen LogP contribution in [0, 0.1) is 0 Å². The van der Waals surface area contributed by atoms with Crippen molar-refractivity contribution in [3.8, 4) is 10.6 Å². The van der Waals surface area contributed by atoms with E-state index >= 15 is 0 Å². The molecule has 3 aromatic rings. The molecule has 1 aromatic carbocycles. The van der Waals surface area contributed by atoms with Gasteiger partial charge in [0.2, 0.25) is 5.91 Å². The van der Waals surface area contributed by atoms with Gasteiger partial charge in [0.15, 0.2) is 9.84 Å². The molecule has 3 rings (SSSR count). The van der Waals surface area contributed by atoms with Crippen LogP contribution in [0.15, 0.2) is 69.3 Å². The molecule has 0 aliphatic rings. The van der Waals surface area contributed by atoms with E-state index in [2.05, 4.69) is 5.32 Å². The first-order valence-electron chi connectivity index (χ1n) is 7.72. The van der Waals surface area contributed by atoms with E-state index in [0.29, 0.717) is 5.76 Å². The standard InChI is InChI=1S/C18H17NO4S2/c20-18(10-12-25(21,22)15-5-2-1-3-6-15)19-13-14-8-9-16(23-14)17-7-4-11-24-17/h1-9,11H,10,12-13H2,(H,19,20). The van der Waals surface area contributed by atoms with Gasteiger partial charge in [-0.05, 0) is 35.7 Å². The van der Waals surface area contributed by atoms with Gasteiger partial charge in [-0.3, -0.25) is 4.79 Å². The maximum Gasteiger partial charge on any atom is 0.221 e. The van der Waals surface area contributed by atoms with Crippen molar-refractivity contribution in [2.45, 2.75) is 17.9 Å². The lowest BCUT2D eigenvalue weighted by molar-refractivity contribution is -0.120. The van der Waals surface area contributed by atoms with Gasteiger partial charge in [0, 0.05) is 6.42 Å². The van der Waals surface area contributed by atoms with Gasteiger partial charge in [-0.25, -0.2) is 8.42 Å². The Balaban J connectivity index is 1.50. The van der Waals surface area contributed by atoms with Gasteiger partial charge in [0.25, 0.3) is 0 Å². The number of rotatable bonds is 7. The normalized spacial score (nSPS) is 11.4. The average Bonchev–Trinajstić information content (AvgIpc) is 3.30. The first-order valence-corrected chi connectivity index (χ1v) is 10.2. The van der Waals surface area contributed by atoms with Crippen LogP contribution in [0.5, 0.6) is 0 Å². The molecule has 0 unspecified atom stereocenters. The molecule has 0 fully saturated rings. The topological polar surface area (TPSA) is 76.4 Å². The summed E-state index contributed by atoms with van der Waals surface area (Å²) in [5.74, 6) is 0.837. The van der Waals surface area contributed by atoms with Gasteiger partial charge < -0.3 is 9.73 Å². The Morgan fingerprint density at radius 2 is 1.84 bits per heavy atom. The minimum atomic E-state index is -3.45. The van der Waals surface area contributed by atoms with Gasteiger partial charge in [-0.1, -0.05) is 24.3 Å². The van der Waals surface area contributed by atoms with Crippen molar-refractivity contribution in [1.82, 2.24) is 5.32 Å². The van der Waals surface area contributed by atoms with Crippen LogP contribution in [0.2, 0.25) is 0 Å². The summed E-state index contributed by atoms with van der Waals surface area (Å²) in [6, 6.07) is 15.7. The van der Waals surface area contributed by atoms with Crippen LogP contribution in [-0.4, -0.2) is 20.1 Å². The molecule has 0 aliphatic heterocycles. The number of benzene rings is 1. The number of sulfone groups is 1. The molecule has 0 atom stereocenters. The summed E-state index contributed by atoms with van der Waals surface area (Å²) >= 11 is 1.57. The van der Waals surface area contributed by atoms with Crippen molar-refractivity contribution in [2.24, 2.45) is 0 Å². The Morgan fingerprint density at radius 1 is 1.04 bits per heavy atom. The minimum absolute atomic E-state index is 0.0876. The average molecular weight is 375 g/mol. The second-order valence-electron chi connectivity index (χ2n) is 5.40. The molecule has 0 spiro atoms. The minimum Gasteiger partial charge on any atom is -0.458 e. The Kier molecular flexibility index (Phi) is 5.35. The van der Waals surface area contributed by atoms with Crippen LogP contribution in [0.25, 0.3) is 10.6 Å². The number of furan rings is 1. The maximum absolute atomic E-state index is 12.1. The molecule has 7 heteroatoms. The molecule has 0 saturated heterocycles. The molecule has 5 nitrogen and oxygen atoms in total. The fraction of sp³-hybridized carbons (Fsp3) is 0.167. The highest BCUT2D eigenvalue weighted by Gasteiger charge is 2.16. The van der Waals surface area contributed by atoms with Crippen molar-refractivity contribution in [2.75, 3.05) is 5.75 Å². The van der Waals surface area contributed by atoms with E-state index in [1.165, 1.54) is 12.1 Å². The molecular formula is C18H17NO4S2. The lowest BCUT2D eigenvalue weighted by atomic mass is 10.3. The van der Waals surface area contributed by atoms with E-state index < -0.39 is 9.84 Å². The summed E-state index contributed by atoms with van der Waals surface area (Å²) < 4.78 is 30.0. The number of nitrogens with one attached hydrogen (secondary N) is 1. The van der Waals surface area contributed by atoms with Crippen LogP contribution in [-0.2, 0) is 21.2 Å². The molecule has 2 aromatic heterocycles. The molecule has 25 heavy (non-hydrogen) atoms. The van der Waals surface area contributed by atoms with E-state index in [1.54, 1.807) is 35.6 Å². The van der Waals surface area contributed by atoms with Crippen LogP contribution in [0.3, 0.4) is 0 Å². The lowest BCUT2D eigenvalue weighted by Crippen LogP contribution is -2.25. The van der Waals surface area contributed by atoms with Crippen LogP contribution in [0.1, 0.15) is 12.2 Å². The van der Waals surface area contributed by atoms with Crippen LogP contribution >= 0.6 is 11.3 Å². The predicted octanol–water partition coefficient (Wildman–Crippen LogP) is 3.49. The molecular weight excluding hydrogens is 358 g/mol. The summed E-state index contributed by atoms with van der Waals surface area (Å²) in [6.07, 6.45) is -0.0876.